The van der Waals surface area contributed by atoms with Crippen molar-refractivity contribution in [2.24, 2.45) is 0 Å². The van der Waals surface area contributed by atoms with Crippen molar-refractivity contribution in [3.8, 4) is 0 Å². The molecule has 0 amide bonds. The smallest absolute Gasteiger partial charge is 0.123 e. The number of aryl methyl sites for hydroxylation is 2. The van der Waals surface area contributed by atoms with Crippen molar-refractivity contribution in [3.63, 3.8) is 0 Å². The van der Waals surface area contributed by atoms with Crippen LogP contribution in [0.4, 0.5) is 4.39 Å². The Hall–Kier alpha value is -0.890. The third kappa shape index (κ3) is 5.18. The fourth-order valence-corrected chi connectivity index (χ4v) is 2.46. The number of hydrogen-bond acceptors (Lipinski definition) is 1. The molecule has 0 aliphatic carbocycles. The summed E-state index contributed by atoms with van der Waals surface area (Å²) >= 11 is 0. The minimum Gasteiger partial charge on any atom is -0.314 e. The molecular weight excluding hydrogens is 225 g/mol. The van der Waals surface area contributed by atoms with Crippen molar-refractivity contribution in [2.45, 2.75) is 58.9 Å². The average molecular weight is 251 g/mol. The van der Waals surface area contributed by atoms with Gasteiger partial charge in [-0.2, -0.15) is 0 Å². The van der Waals surface area contributed by atoms with Gasteiger partial charge in [0.25, 0.3) is 0 Å². The van der Waals surface area contributed by atoms with Gasteiger partial charge < -0.3 is 5.32 Å². The SMILES string of the molecule is CCCC(CCCc1ccc(F)cc1C)NCC. The highest BCUT2D eigenvalue weighted by Gasteiger charge is 2.06. The van der Waals surface area contributed by atoms with Crippen LogP contribution in [0.1, 0.15) is 50.7 Å². The molecule has 0 radical (unpaired) electrons. The number of benzene rings is 1. The zero-order valence-corrected chi connectivity index (χ0v) is 11.9. The van der Waals surface area contributed by atoms with Gasteiger partial charge in [0.15, 0.2) is 0 Å². The summed E-state index contributed by atoms with van der Waals surface area (Å²) in [5.74, 6) is -0.132. The minimum atomic E-state index is -0.132. The first-order chi connectivity index (χ1) is 8.67. The summed E-state index contributed by atoms with van der Waals surface area (Å²) in [5.41, 5.74) is 2.36. The van der Waals surface area contributed by atoms with E-state index in [9.17, 15) is 4.39 Å². The average Bonchev–Trinajstić information content (AvgIpc) is 2.32. The van der Waals surface area contributed by atoms with Gasteiger partial charge in [0.05, 0.1) is 0 Å². The highest BCUT2D eigenvalue weighted by Crippen LogP contribution is 2.14. The summed E-state index contributed by atoms with van der Waals surface area (Å²) in [7, 11) is 0. The Labute approximate surface area is 111 Å². The van der Waals surface area contributed by atoms with Gasteiger partial charge in [-0.25, -0.2) is 4.39 Å². The largest absolute Gasteiger partial charge is 0.314 e. The molecule has 18 heavy (non-hydrogen) atoms. The van der Waals surface area contributed by atoms with E-state index < -0.39 is 0 Å². The number of hydrogen-bond donors (Lipinski definition) is 1. The topological polar surface area (TPSA) is 12.0 Å². The van der Waals surface area contributed by atoms with Crippen LogP contribution < -0.4 is 5.32 Å². The zero-order chi connectivity index (χ0) is 13.4. The highest BCUT2D eigenvalue weighted by molar-refractivity contribution is 5.26. The third-order valence-corrected chi connectivity index (χ3v) is 3.43. The lowest BCUT2D eigenvalue weighted by molar-refractivity contribution is 0.447. The van der Waals surface area contributed by atoms with Gasteiger partial charge in [0.1, 0.15) is 5.82 Å². The van der Waals surface area contributed by atoms with E-state index in [2.05, 4.69) is 19.2 Å². The molecule has 0 aliphatic heterocycles. The first-order valence-electron chi connectivity index (χ1n) is 7.15. The standard InChI is InChI=1S/C16H26FN/c1-4-7-16(18-5-2)9-6-8-14-10-11-15(17)12-13(14)3/h10-12,16,18H,4-9H2,1-3H3. The van der Waals surface area contributed by atoms with Gasteiger partial charge in [-0.15, -0.1) is 0 Å². The molecule has 0 heterocycles. The van der Waals surface area contributed by atoms with Gasteiger partial charge in [-0.3, -0.25) is 0 Å². The Morgan fingerprint density at radius 1 is 1.22 bits per heavy atom. The summed E-state index contributed by atoms with van der Waals surface area (Å²) < 4.78 is 13.0. The van der Waals surface area contributed by atoms with Crippen molar-refractivity contribution in [2.75, 3.05) is 6.54 Å². The quantitative estimate of drug-likeness (QED) is 0.729. The summed E-state index contributed by atoms with van der Waals surface area (Å²) in [6.45, 7) is 7.42. The van der Waals surface area contributed by atoms with Crippen LogP contribution in [0, 0.1) is 12.7 Å². The third-order valence-electron chi connectivity index (χ3n) is 3.43. The second-order valence-electron chi connectivity index (χ2n) is 5.01. The van der Waals surface area contributed by atoms with E-state index >= 15 is 0 Å². The summed E-state index contributed by atoms with van der Waals surface area (Å²) in [6, 6.07) is 5.76. The maximum Gasteiger partial charge on any atom is 0.123 e. The molecule has 1 N–H and O–H groups in total. The Balaban J connectivity index is 2.39. The first-order valence-corrected chi connectivity index (χ1v) is 7.15. The molecule has 1 atom stereocenters. The molecule has 0 spiro atoms. The second kappa shape index (κ2) is 8.25. The van der Waals surface area contributed by atoms with Crippen LogP contribution in [-0.4, -0.2) is 12.6 Å². The van der Waals surface area contributed by atoms with Crippen LogP contribution in [-0.2, 0) is 6.42 Å². The van der Waals surface area contributed by atoms with E-state index in [1.54, 1.807) is 12.1 Å². The van der Waals surface area contributed by atoms with Crippen molar-refractivity contribution >= 4 is 0 Å². The molecule has 1 unspecified atom stereocenters. The van der Waals surface area contributed by atoms with E-state index in [4.69, 9.17) is 0 Å². The predicted molar refractivity (Wildman–Crippen MR) is 76.4 cm³/mol. The van der Waals surface area contributed by atoms with Crippen molar-refractivity contribution in [1.82, 2.24) is 5.32 Å². The van der Waals surface area contributed by atoms with Crippen LogP contribution in [0.3, 0.4) is 0 Å². The maximum absolute atomic E-state index is 13.0. The fourth-order valence-electron chi connectivity index (χ4n) is 2.46. The van der Waals surface area contributed by atoms with E-state index in [1.165, 1.54) is 31.2 Å². The molecule has 1 aromatic rings. The highest BCUT2D eigenvalue weighted by atomic mass is 19.1. The lowest BCUT2D eigenvalue weighted by Gasteiger charge is -2.17. The van der Waals surface area contributed by atoms with Gasteiger partial charge >= 0.3 is 0 Å². The van der Waals surface area contributed by atoms with Gasteiger partial charge in [0.2, 0.25) is 0 Å². The molecule has 0 saturated carbocycles. The minimum absolute atomic E-state index is 0.132. The summed E-state index contributed by atoms with van der Waals surface area (Å²) in [6.07, 6.45) is 5.91. The second-order valence-corrected chi connectivity index (χ2v) is 5.01. The van der Waals surface area contributed by atoms with E-state index in [0.717, 1.165) is 18.5 Å². The molecule has 1 rings (SSSR count). The summed E-state index contributed by atoms with van der Waals surface area (Å²) in [5, 5.41) is 3.53. The lowest BCUT2D eigenvalue weighted by Crippen LogP contribution is -2.28. The van der Waals surface area contributed by atoms with Crippen LogP contribution in [0.25, 0.3) is 0 Å². The Bertz CT molecular complexity index is 343. The van der Waals surface area contributed by atoms with Crippen molar-refractivity contribution < 1.29 is 4.39 Å². The molecule has 0 saturated heterocycles. The number of halogens is 1. The monoisotopic (exact) mass is 251 g/mol. The predicted octanol–water partition coefficient (Wildman–Crippen LogP) is 4.24. The van der Waals surface area contributed by atoms with Crippen LogP contribution >= 0.6 is 0 Å². The van der Waals surface area contributed by atoms with Gasteiger partial charge in [0, 0.05) is 6.04 Å². The van der Waals surface area contributed by atoms with Gasteiger partial charge in [-0.05, 0) is 62.4 Å². The Morgan fingerprint density at radius 2 is 2.00 bits per heavy atom. The summed E-state index contributed by atoms with van der Waals surface area (Å²) in [4.78, 5) is 0. The molecule has 0 bridgehead atoms. The van der Waals surface area contributed by atoms with Crippen LogP contribution in [0.15, 0.2) is 18.2 Å². The van der Waals surface area contributed by atoms with E-state index in [1.807, 2.05) is 13.0 Å². The van der Waals surface area contributed by atoms with E-state index in [-0.39, 0.29) is 5.82 Å². The van der Waals surface area contributed by atoms with Crippen molar-refractivity contribution in [1.29, 1.82) is 0 Å². The number of nitrogens with one attached hydrogen (secondary N) is 1. The van der Waals surface area contributed by atoms with Gasteiger partial charge in [-0.1, -0.05) is 26.3 Å². The fraction of sp³-hybridized carbons (Fsp3) is 0.625. The number of rotatable bonds is 8. The molecule has 102 valence electrons. The molecule has 0 fully saturated rings. The van der Waals surface area contributed by atoms with Crippen molar-refractivity contribution in [3.05, 3.63) is 35.1 Å². The molecule has 1 aromatic carbocycles. The molecule has 2 heteroatoms. The maximum atomic E-state index is 13.0. The van der Waals surface area contributed by atoms with Crippen LogP contribution in [0.5, 0.6) is 0 Å². The molecular formula is C16H26FN. The first kappa shape index (κ1) is 15.2. The molecule has 0 aromatic heterocycles. The Morgan fingerprint density at radius 3 is 2.61 bits per heavy atom. The lowest BCUT2D eigenvalue weighted by atomic mass is 9.99. The normalized spacial score (nSPS) is 12.7. The zero-order valence-electron chi connectivity index (χ0n) is 11.9. The molecule has 0 aliphatic rings. The molecule has 1 nitrogen and oxygen atoms in total. The van der Waals surface area contributed by atoms with Crippen LogP contribution in [0.2, 0.25) is 0 Å². The Kier molecular flexibility index (Phi) is 6.96. The van der Waals surface area contributed by atoms with E-state index in [0.29, 0.717) is 6.04 Å².